The van der Waals surface area contributed by atoms with Crippen molar-refractivity contribution in [3.8, 4) is 0 Å². The molecule has 3 rings (SSSR count). The standard InChI is InChI=1S/C18H16ClN3O/c1-10-8-14(19)5-7-15(10)22-18(23)13-4-6-16-17(9-13)21-12(3)11(2)20-16/h4-9H,1-3H3,(H,22,23). The van der Waals surface area contributed by atoms with Crippen LogP contribution in [-0.4, -0.2) is 15.9 Å². The maximum absolute atomic E-state index is 12.5. The summed E-state index contributed by atoms with van der Waals surface area (Å²) in [5.41, 5.74) is 5.46. The summed E-state index contributed by atoms with van der Waals surface area (Å²) in [4.78, 5) is 21.4. The highest BCUT2D eigenvalue weighted by Gasteiger charge is 2.10. The largest absolute Gasteiger partial charge is 0.322 e. The van der Waals surface area contributed by atoms with Crippen molar-refractivity contribution in [2.24, 2.45) is 0 Å². The van der Waals surface area contributed by atoms with E-state index >= 15 is 0 Å². The summed E-state index contributed by atoms with van der Waals surface area (Å²) in [6.07, 6.45) is 0. The van der Waals surface area contributed by atoms with Gasteiger partial charge in [-0.15, -0.1) is 0 Å². The van der Waals surface area contributed by atoms with Gasteiger partial charge >= 0.3 is 0 Å². The number of halogens is 1. The van der Waals surface area contributed by atoms with Crippen LogP contribution in [0.15, 0.2) is 36.4 Å². The minimum absolute atomic E-state index is 0.183. The summed E-state index contributed by atoms with van der Waals surface area (Å²) < 4.78 is 0. The van der Waals surface area contributed by atoms with E-state index in [1.54, 1.807) is 24.3 Å². The summed E-state index contributed by atoms with van der Waals surface area (Å²) in [7, 11) is 0. The Morgan fingerprint density at radius 3 is 2.35 bits per heavy atom. The number of hydrogen-bond donors (Lipinski definition) is 1. The van der Waals surface area contributed by atoms with E-state index in [9.17, 15) is 4.79 Å². The first kappa shape index (κ1) is 15.4. The number of fused-ring (bicyclic) bond motifs is 1. The Bertz CT molecular complexity index is 922. The number of nitrogens with zero attached hydrogens (tertiary/aromatic N) is 2. The van der Waals surface area contributed by atoms with Crippen molar-refractivity contribution in [2.45, 2.75) is 20.8 Å². The van der Waals surface area contributed by atoms with Gasteiger partial charge in [0.15, 0.2) is 0 Å². The molecule has 0 fully saturated rings. The first-order valence-electron chi connectivity index (χ1n) is 7.26. The van der Waals surface area contributed by atoms with Gasteiger partial charge in [-0.25, -0.2) is 9.97 Å². The molecule has 4 nitrogen and oxygen atoms in total. The van der Waals surface area contributed by atoms with Crippen LogP contribution in [-0.2, 0) is 0 Å². The first-order chi connectivity index (χ1) is 10.9. The van der Waals surface area contributed by atoms with Gasteiger partial charge in [-0.1, -0.05) is 11.6 Å². The van der Waals surface area contributed by atoms with Crippen molar-refractivity contribution < 1.29 is 4.79 Å². The fourth-order valence-corrected chi connectivity index (χ4v) is 2.56. The normalized spacial score (nSPS) is 10.8. The second-order valence-corrected chi connectivity index (χ2v) is 5.95. The lowest BCUT2D eigenvalue weighted by Crippen LogP contribution is -2.13. The van der Waals surface area contributed by atoms with Crippen LogP contribution >= 0.6 is 11.6 Å². The number of aromatic nitrogens is 2. The molecular weight excluding hydrogens is 310 g/mol. The summed E-state index contributed by atoms with van der Waals surface area (Å²) in [6, 6.07) is 10.7. The Hall–Kier alpha value is -2.46. The van der Waals surface area contributed by atoms with Gasteiger partial charge in [0.25, 0.3) is 5.91 Å². The van der Waals surface area contributed by atoms with Crippen LogP contribution in [0.5, 0.6) is 0 Å². The molecular formula is C18H16ClN3O. The van der Waals surface area contributed by atoms with Crippen LogP contribution < -0.4 is 5.32 Å². The minimum Gasteiger partial charge on any atom is -0.322 e. The molecule has 3 aromatic rings. The number of hydrogen-bond acceptors (Lipinski definition) is 3. The number of carbonyl (C=O) groups excluding carboxylic acids is 1. The minimum atomic E-state index is -0.183. The Balaban J connectivity index is 1.93. The molecule has 0 aliphatic heterocycles. The summed E-state index contributed by atoms with van der Waals surface area (Å²) in [5, 5.41) is 3.54. The maximum atomic E-state index is 12.5. The van der Waals surface area contributed by atoms with Crippen molar-refractivity contribution in [2.75, 3.05) is 5.32 Å². The molecule has 0 spiro atoms. The van der Waals surface area contributed by atoms with Gasteiger partial charge in [0.05, 0.1) is 22.4 Å². The van der Waals surface area contributed by atoms with Crippen molar-refractivity contribution in [1.82, 2.24) is 9.97 Å². The number of carbonyl (C=O) groups is 1. The number of anilines is 1. The summed E-state index contributed by atoms with van der Waals surface area (Å²) >= 11 is 5.94. The van der Waals surface area contributed by atoms with Gasteiger partial charge in [-0.3, -0.25) is 4.79 Å². The Kier molecular flexibility index (Phi) is 4.01. The third-order valence-corrected chi connectivity index (χ3v) is 4.01. The highest BCUT2D eigenvalue weighted by atomic mass is 35.5. The molecule has 0 aliphatic carbocycles. The van der Waals surface area contributed by atoms with Gasteiger partial charge < -0.3 is 5.32 Å². The third kappa shape index (κ3) is 3.17. The number of aryl methyl sites for hydroxylation is 3. The first-order valence-corrected chi connectivity index (χ1v) is 7.64. The fourth-order valence-electron chi connectivity index (χ4n) is 2.33. The van der Waals surface area contributed by atoms with E-state index in [0.717, 1.165) is 28.2 Å². The molecule has 1 N–H and O–H groups in total. The van der Waals surface area contributed by atoms with E-state index in [-0.39, 0.29) is 5.91 Å². The molecule has 5 heteroatoms. The van der Waals surface area contributed by atoms with Crippen molar-refractivity contribution in [1.29, 1.82) is 0 Å². The van der Waals surface area contributed by atoms with Crippen molar-refractivity contribution in [3.63, 3.8) is 0 Å². The van der Waals surface area contributed by atoms with Crippen LogP contribution in [0.25, 0.3) is 11.0 Å². The second-order valence-electron chi connectivity index (χ2n) is 5.51. The summed E-state index contributed by atoms with van der Waals surface area (Å²) in [5.74, 6) is -0.183. The number of rotatable bonds is 2. The Labute approximate surface area is 139 Å². The zero-order valence-electron chi connectivity index (χ0n) is 13.1. The van der Waals surface area contributed by atoms with Gasteiger partial charge in [0.2, 0.25) is 0 Å². The lowest BCUT2D eigenvalue weighted by molar-refractivity contribution is 0.102. The molecule has 0 bridgehead atoms. The second kappa shape index (κ2) is 5.97. The van der Waals surface area contributed by atoms with Crippen molar-refractivity contribution in [3.05, 3.63) is 63.9 Å². The molecule has 0 radical (unpaired) electrons. The lowest BCUT2D eigenvalue weighted by Gasteiger charge is -2.09. The van der Waals surface area contributed by atoms with Crippen LogP contribution in [0.3, 0.4) is 0 Å². The number of nitrogens with one attached hydrogen (secondary N) is 1. The smallest absolute Gasteiger partial charge is 0.255 e. The molecule has 0 saturated carbocycles. The van der Waals surface area contributed by atoms with E-state index in [2.05, 4.69) is 15.3 Å². The molecule has 116 valence electrons. The molecule has 1 heterocycles. The van der Waals surface area contributed by atoms with E-state index in [0.29, 0.717) is 16.1 Å². The zero-order valence-corrected chi connectivity index (χ0v) is 13.9. The predicted octanol–water partition coefficient (Wildman–Crippen LogP) is 4.46. The molecule has 0 atom stereocenters. The SMILES string of the molecule is Cc1cc(Cl)ccc1NC(=O)c1ccc2nc(C)c(C)nc2c1. The van der Waals surface area contributed by atoms with Gasteiger partial charge in [0.1, 0.15) is 0 Å². The molecule has 1 aromatic heterocycles. The van der Waals surface area contributed by atoms with Gasteiger partial charge in [0, 0.05) is 16.3 Å². The number of amides is 1. The van der Waals surface area contributed by atoms with Crippen LogP contribution in [0.1, 0.15) is 27.3 Å². The Morgan fingerprint density at radius 2 is 1.65 bits per heavy atom. The topological polar surface area (TPSA) is 54.9 Å². The van der Waals surface area contributed by atoms with E-state index in [4.69, 9.17) is 11.6 Å². The third-order valence-electron chi connectivity index (χ3n) is 3.77. The van der Waals surface area contributed by atoms with Gasteiger partial charge in [-0.05, 0) is 62.7 Å². The molecule has 0 aliphatic rings. The van der Waals surface area contributed by atoms with E-state index < -0.39 is 0 Å². The average molecular weight is 326 g/mol. The average Bonchev–Trinajstić information content (AvgIpc) is 2.50. The zero-order chi connectivity index (χ0) is 16.6. The van der Waals surface area contributed by atoms with E-state index in [1.165, 1.54) is 0 Å². The molecule has 2 aromatic carbocycles. The van der Waals surface area contributed by atoms with Crippen LogP contribution in [0, 0.1) is 20.8 Å². The van der Waals surface area contributed by atoms with Crippen LogP contribution in [0.2, 0.25) is 5.02 Å². The Morgan fingerprint density at radius 1 is 0.957 bits per heavy atom. The molecule has 0 unspecified atom stereocenters. The highest BCUT2D eigenvalue weighted by Crippen LogP contribution is 2.21. The number of benzene rings is 2. The van der Waals surface area contributed by atoms with Gasteiger partial charge in [-0.2, -0.15) is 0 Å². The fraction of sp³-hybridized carbons (Fsp3) is 0.167. The molecule has 1 amide bonds. The maximum Gasteiger partial charge on any atom is 0.255 e. The molecule has 0 saturated heterocycles. The molecule has 23 heavy (non-hydrogen) atoms. The monoisotopic (exact) mass is 325 g/mol. The van der Waals surface area contributed by atoms with Crippen molar-refractivity contribution >= 4 is 34.2 Å². The highest BCUT2D eigenvalue weighted by molar-refractivity contribution is 6.30. The van der Waals surface area contributed by atoms with E-state index in [1.807, 2.05) is 32.9 Å². The lowest BCUT2D eigenvalue weighted by atomic mass is 10.1. The summed E-state index contributed by atoms with van der Waals surface area (Å²) in [6.45, 7) is 5.73. The predicted molar refractivity (Wildman–Crippen MR) is 93.2 cm³/mol. The van der Waals surface area contributed by atoms with Crippen LogP contribution in [0.4, 0.5) is 5.69 Å². The quantitative estimate of drug-likeness (QED) is 0.756.